The number of hydrogen-bond acceptors (Lipinski definition) is 4. The van der Waals surface area contributed by atoms with Gasteiger partial charge in [0.05, 0.1) is 12.1 Å². The Morgan fingerprint density at radius 1 is 1.33 bits per heavy atom. The van der Waals surface area contributed by atoms with E-state index in [1.54, 1.807) is 0 Å². The highest BCUT2D eigenvalue weighted by Crippen LogP contribution is 2.34. The summed E-state index contributed by atoms with van der Waals surface area (Å²) in [7, 11) is 0. The van der Waals surface area contributed by atoms with Gasteiger partial charge in [-0.05, 0) is 13.0 Å². The van der Waals surface area contributed by atoms with E-state index in [2.05, 4.69) is 20.5 Å². The third kappa shape index (κ3) is 4.04. The Hall–Kier alpha value is -1.41. The van der Waals surface area contributed by atoms with Gasteiger partial charge in [0.15, 0.2) is 5.82 Å². The minimum Gasteiger partial charge on any atom is -0.302 e. The van der Waals surface area contributed by atoms with Crippen molar-refractivity contribution in [2.24, 2.45) is 0 Å². The zero-order chi connectivity index (χ0) is 15.6. The first-order chi connectivity index (χ1) is 9.77. The van der Waals surface area contributed by atoms with Crippen molar-refractivity contribution in [1.82, 2.24) is 20.5 Å². The van der Waals surface area contributed by atoms with Crippen molar-refractivity contribution in [3.8, 4) is 0 Å². The summed E-state index contributed by atoms with van der Waals surface area (Å²) in [5, 5.41) is 11.2. The Morgan fingerprint density at radius 3 is 2.57 bits per heavy atom. The lowest BCUT2D eigenvalue weighted by Gasteiger charge is -2.10. The van der Waals surface area contributed by atoms with Gasteiger partial charge in [0, 0.05) is 22.2 Å². The molecule has 21 heavy (non-hydrogen) atoms. The summed E-state index contributed by atoms with van der Waals surface area (Å²) < 4.78 is 37.7. The molecule has 1 atom stereocenters. The molecule has 2 N–H and O–H groups in total. The van der Waals surface area contributed by atoms with E-state index < -0.39 is 11.7 Å². The Morgan fingerprint density at radius 2 is 2.05 bits per heavy atom. The van der Waals surface area contributed by atoms with E-state index in [4.69, 9.17) is 0 Å². The van der Waals surface area contributed by atoms with Crippen molar-refractivity contribution < 1.29 is 13.2 Å². The average Bonchev–Trinajstić information content (AvgIpc) is 3.04. The molecule has 0 bridgehead atoms. The maximum absolute atomic E-state index is 12.6. The second-order valence-corrected chi connectivity index (χ2v) is 6.08. The van der Waals surface area contributed by atoms with Crippen molar-refractivity contribution in [3.05, 3.63) is 33.5 Å². The van der Waals surface area contributed by atoms with E-state index in [-0.39, 0.29) is 12.0 Å². The van der Waals surface area contributed by atoms with Crippen LogP contribution in [0.15, 0.2) is 11.4 Å². The van der Waals surface area contributed by atoms with Gasteiger partial charge in [0.1, 0.15) is 5.82 Å². The van der Waals surface area contributed by atoms with Crippen LogP contribution in [0.5, 0.6) is 0 Å². The molecule has 116 valence electrons. The molecule has 0 aliphatic carbocycles. The number of aromatic nitrogens is 3. The molecule has 2 heterocycles. The lowest BCUT2D eigenvalue weighted by atomic mass is 10.2. The van der Waals surface area contributed by atoms with Gasteiger partial charge >= 0.3 is 6.18 Å². The molecular formula is C13H17F3N4S. The van der Waals surface area contributed by atoms with E-state index in [0.717, 1.165) is 22.5 Å². The van der Waals surface area contributed by atoms with Crippen LogP contribution >= 0.6 is 11.3 Å². The predicted molar refractivity (Wildman–Crippen MR) is 75.0 cm³/mol. The van der Waals surface area contributed by atoms with E-state index in [9.17, 15) is 13.2 Å². The summed E-state index contributed by atoms with van der Waals surface area (Å²) in [5.74, 6) is 1.65. The van der Waals surface area contributed by atoms with E-state index in [1.807, 2.05) is 20.8 Å². The zero-order valence-corrected chi connectivity index (χ0v) is 12.8. The average molecular weight is 318 g/mol. The van der Waals surface area contributed by atoms with Crippen molar-refractivity contribution >= 4 is 11.3 Å². The molecule has 0 amide bonds. The van der Waals surface area contributed by atoms with Gasteiger partial charge in [-0.2, -0.15) is 18.3 Å². The van der Waals surface area contributed by atoms with Crippen LogP contribution in [0.3, 0.4) is 0 Å². The molecule has 0 aliphatic heterocycles. The summed E-state index contributed by atoms with van der Waals surface area (Å²) in [6.07, 6.45) is -4.29. The molecule has 0 fully saturated rings. The van der Waals surface area contributed by atoms with Crippen molar-refractivity contribution in [2.45, 2.75) is 45.5 Å². The van der Waals surface area contributed by atoms with Gasteiger partial charge in [-0.25, -0.2) is 4.98 Å². The molecule has 0 radical (unpaired) electrons. The number of aromatic amines is 1. The van der Waals surface area contributed by atoms with Crippen LogP contribution in [0.25, 0.3) is 0 Å². The predicted octanol–water partition coefficient (Wildman–Crippen LogP) is 3.86. The molecule has 2 aromatic heterocycles. The third-order valence-corrected chi connectivity index (χ3v) is 4.13. The van der Waals surface area contributed by atoms with Crippen LogP contribution in [0, 0.1) is 0 Å². The number of H-pyrrole nitrogens is 1. The first kappa shape index (κ1) is 16.0. The molecule has 0 saturated carbocycles. The normalized spacial score (nSPS) is 13.9. The third-order valence-electron chi connectivity index (χ3n) is 3.01. The van der Waals surface area contributed by atoms with E-state index in [1.165, 1.54) is 6.07 Å². The highest BCUT2D eigenvalue weighted by Gasteiger charge is 2.32. The molecule has 1 unspecified atom stereocenters. The Bertz CT molecular complexity index is 588. The fraction of sp³-hybridized carbons (Fsp3) is 0.538. The first-order valence-electron chi connectivity index (χ1n) is 6.57. The summed E-state index contributed by atoms with van der Waals surface area (Å²) >= 11 is 1.10. The number of halogens is 3. The summed E-state index contributed by atoms with van der Waals surface area (Å²) in [4.78, 5) is 4.96. The Labute approximate surface area is 124 Å². The molecule has 2 aromatic rings. The number of alkyl halides is 3. The number of rotatable bonds is 5. The van der Waals surface area contributed by atoms with Crippen molar-refractivity contribution in [3.63, 3.8) is 0 Å². The Kier molecular flexibility index (Phi) is 4.67. The minimum absolute atomic E-state index is 0.182. The number of nitrogens with zero attached hydrogens (tertiary/aromatic N) is 2. The quantitative estimate of drug-likeness (QED) is 0.880. The van der Waals surface area contributed by atoms with Crippen LogP contribution in [-0.4, -0.2) is 15.2 Å². The van der Waals surface area contributed by atoms with Gasteiger partial charge in [0.25, 0.3) is 0 Å². The zero-order valence-electron chi connectivity index (χ0n) is 12.0. The molecule has 2 rings (SSSR count). The maximum atomic E-state index is 12.6. The lowest BCUT2D eigenvalue weighted by Crippen LogP contribution is -2.18. The van der Waals surface area contributed by atoms with E-state index in [0.29, 0.717) is 17.2 Å². The number of nitrogens with one attached hydrogen (secondary N) is 2. The lowest BCUT2D eigenvalue weighted by molar-refractivity contribution is -0.137. The fourth-order valence-corrected chi connectivity index (χ4v) is 2.67. The fourth-order valence-electron chi connectivity index (χ4n) is 1.73. The standard InChI is InChI=1S/C13H17F3N4S/c1-7(2)12-18-11(19-20-12)5-17-8(3)10-4-9(6-21-10)13(14,15)16/h4,6-8,17H,5H2,1-3H3,(H,18,19,20). The van der Waals surface area contributed by atoms with Crippen LogP contribution in [0.2, 0.25) is 0 Å². The second kappa shape index (κ2) is 6.15. The molecule has 4 nitrogen and oxygen atoms in total. The summed E-state index contributed by atoms with van der Waals surface area (Å²) in [5.41, 5.74) is -0.599. The molecule has 0 saturated heterocycles. The van der Waals surface area contributed by atoms with Crippen LogP contribution in [0.1, 0.15) is 54.8 Å². The molecule has 0 aromatic carbocycles. The summed E-state index contributed by atoms with van der Waals surface area (Å²) in [6.45, 7) is 6.24. The highest BCUT2D eigenvalue weighted by molar-refractivity contribution is 7.10. The van der Waals surface area contributed by atoms with Gasteiger partial charge in [-0.3, -0.25) is 5.10 Å². The van der Waals surface area contributed by atoms with E-state index >= 15 is 0 Å². The number of hydrogen-bond donors (Lipinski definition) is 2. The van der Waals surface area contributed by atoms with Gasteiger partial charge in [-0.15, -0.1) is 11.3 Å². The van der Waals surface area contributed by atoms with Crippen LogP contribution < -0.4 is 5.32 Å². The Balaban J connectivity index is 1.95. The SMILES string of the molecule is CC(C)c1n[nH]c(CNC(C)c2cc(C(F)(F)F)cs2)n1. The van der Waals surface area contributed by atoms with Gasteiger partial charge in [0.2, 0.25) is 0 Å². The van der Waals surface area contributed by atoms with Gasteiger partial charge < -0.3 is 5.32 Å². The van der Waals surface area contributed by atoms with Gasteiger partial charge in [-0.1, -0.05) is 13.8 Å². The minimum atomic E-state index is -4.29. The highest BCUT2D eigenvalue weighted by atomic mass is 32.1. The second-order valence-electron chi connectivity index (χ2n) is 5.13. The van der Waals surface area contributed by atoms with Crippen LogP contribution in [-0.2, 0) is 12.7 Å². The number of thiophene rings is 1. The van der Waals surface area contributed by atoms with Crippen molar-refractivity contribution in [2.75, 3.05) is 0 Å². The monoisotopic (exact) mass is 318 g/mol. The molecule has 8 heteroatoms. The maximum Gasteiger partial charge on any atom is 0.417 e. The molecule has 0 spiro atoms. The smallest absolute Gasteiger partial charge is 0.302 e. The first-order valence-corrected chi connectivity index (χ1v) is 7.45. The summed E-state index contributed by atoms with van der Waals surface area (Å²) in [6, 6.07) is 1.00. The topological polar surface area (TPSA) is 53.6 Å². The largest absolute Gasteiger partial charge is 0.417 e. The molecule has 0 aliphatic rings. The molecular weight excluding hydrogens is 301 g/mol. The van der Waals surface area contributed by atoms with Crippen LogP contribution in [0.4, 0.5) is 13.2 Å². The van der Waals surface area contributed by atoms with Crippen molar-refractivity contribution in [1.29, 1.82) is 0 Å².